The smallest absolute Gasteiger partial charge is 0.475 e. The second-order valence-electron chi connectivity index (χ2n) is 6.83. The molecule has 2 N–H and O–H groups in total. The van der Waals surface area contributed by atoms with Crippen LogP contribution in [-0.4, -0.2) is 77.1 Å². The first-order chi connectivity index (χ1) is 13.6. The number of carbonyl (C=O) groups is 3. The Bertz CT molecular complexity index is 732. The maximum Gasteiger partial charge on any atom is 0.490 e. The number of benzene rings is 1. The minimum Gasteiger partial charge on any atom is -0.475 e. The first kappa shape index (κ1) is 22.7. The molecule has 0 unspecified atom stereocenters. The molecule has 2 aliphatic heterocycles. The van der Waals surface area contributed by atoms with Crippen molar-refractivity contribution in [1.29, 1.82) is 0 Å². The monoisotopic (exact) mass is 415 g/mol. The summed E-state index contributed by atoms with van der Waals surface area (Å²) in [5.74, 6) is -2.56. The van der Waals surface area contributed by atoms with Gasteiger partial charge in [-0.1, -0.05) is 25.1 Å². The van der Waals surface area contributed by atoms with Crippen molar-refractivity contribution in [1.82, 2.24) is 15.1 Å². The summed E-state index contributed by atoms with van der Waals surface area (Å²) in [6.45, 7) is 5.87. The van der Waals surface area contributed by atoms with Crippen LogP contribution in [0.5, 0.6) is 0 Å². The van der Waals surface area contributed by atoms with Gasteiger partial charge in [0.05, 0.1) is 0 Å². The zero-order chi connectivity index (χ0) is 21.7. The number of carbonyl (C=O) groups excluding carboxylic acids is 2. The van der Waals surface area contributed by atoms with Gasteiger partial charge in [0.25, 0.3) is 5.91 Å². The molecule has 2 aliphatic rings. The standard InChI is InChI=1S/C17H23N3O2.C2HF3O2/c1-2-20-13-10-18-16(22)17(20)8-11-19(12-9-17)15(21)14-6-4-3-5-7-14;3-2(4,5)1(6)7/h3-7H,2,8-13H2,1H3,(H,18,22);(H,6,7). The van der Waals surface area contributed by atoms with E-state index in [0.29, 0.717) is 25.9 Å². The SMILES string of the molecule is CCN1CCNC(=O)C12CCN(C(=O)c1ccccc1)CC2.O=C(O)C(F)(F)F. The van der Waals surface area contributed by atoms with Crippen LogP contribution in [0.15, 0.2) is 30.3 Å². The predicted molar refractivity (Wildman–Crippen MR) is 98.3 cm³/mol. The Morgan fingerprint density at radius 2 is 1.69 bits per heavy atom. The number of nitrogens with zero attached hydrogens (tertiary/aromatic N) is 2. The molecule has 29 heavy (non-hydrogen) atoms. The van der Waals surface area contributed by atoms with Crippen LogP contribution in [0, 0.1) is 0 Å². The molecule has 2 saturated heterocycles. The zero-order valence-corrected chi connectivity index (χ0v) is 16.0. The van der Waals surface area contributed by atoms with Crippen molar-refractivity contribution >= 4 is 17.8 Å². The van der Waals surface area contributed by atoms with Crippen LogP contribution in [-0.2, 0) is 9.59 Å². The predicted octanol–water partition coefficient (Wildman–Crippen LogP) is 1.75. The number of carboxylic acids is 1. The fourth-order valence-corrected chi connectivity index (χ4v) is 3.67. The number of nitrogens with one attached hydrogen (secondary N) is 1. The lowest BCUT2D eigenvalue weighted by atomic mass is 9.83. The average Bonchev–Trinajstić information content (AvgIpc) is 2.70. The van der Waals surface area contributed by atoms with Crippen LogP contribution in [0.25, 0.3) is 0 Å². The van der Waals surface area contributed by atoms with Crippen LogP contribution in [0.3, 0.4) is 0 Å². The number of hydrogen-bond acceptors (Lipinski definition) is 4. The van der Waals surface area contributed by atoms with Gasteiger partial charge in [-0.05, 0) is 31.5 Å². The molecule has 2 heterocycles. The number of piperidine rings is 1. The number of likely N-dealkylation sites (tertiary alicyclic amines) is 1. The number of rotatable bonds is 2. The largest absolute Gasteiger partial charge is 0.490 e. The number of alkyl halides is 3. The summed E-state index contributed by atoms with van der Waals surface area (Å²) in [7, 11) is 0. The molecule has 0 atom stereocenters. The van der Waals surface area contributed by atoms with Crippen molar-refractivity contribution < 1.29 is 32.7 Å². The number of carboxylic acid groups (broad SMARTS) is 1. The topological polar surface area (TPSA) is 90.0 Å². The Balaban J connectivity index is 0.000000370. The van der Waals surface area contributed by atoms with Crippen molar-refractivity contribution in [2.45, 2.75) is 31.5 Å². The lowest BCUT2D eigenvalue weighted by Gasteiger charge is -2.49. The van der Waals surface area contributed by atoms with Gasteiger partial charge in [0.1, 0.15) is 5.54 Å². The lowest BCUT2D eigenvalue weighted by molar-refractivity contribution is -0.192. The molecule has 1 aromatic rings. The van der Waals surface area contributed by atoms with E-state index in [0.717, 1.165) is 25.2 Å². The second-order valence-corrected chi connectivity index (χ2v) is 6.83. The number of hydrogen-bond donors (Lipinski definition) is 2. The minimum absolute atomic E-state index is 0.0646. The van der Waals surface area contributed by atoms with E-state index < -0.39 is 17.7 Å². The minimum atomic E-state index is -5.08. The quantitative estimate of drug-likeness (QED) is 0.768. The van der Waals surface area contributed by atoms with Gasteiger partial charge in [0, 0.05) is 31.7 Å². The van der Waals surface area contributed by atoms with Crippen molar-refractivity contribution in [3.63, 3.8) is 0 Å². The molecule has 1 aromatic carbocycles. The third-order valence-corrected chi connectivity index (χ3v) is 5.22. The molecule has 1 spiro atoms. The van der Waals surface area contributed by atoms with Crippen molar-refractivity contribution in [3.8, 4) is 0 Å². The van der Waals surface area contributed by atoms with Gasteiger partial charge in [-0.3, -0.25) is 14.5 Å². The molecular weight excluding hydrogens is 391 g/mol. The molecule has 0 bridgehead atoms. The van der Waals surface area contributed by atoms with Crippen LogP contribution in [0.2, 0.25) is 0 Å². The van der Waals surface area contributed by atoms with Gasteiger partial charge in [0.2, 0.25) is 5.91 Å². The van der Waals surface area contributed by atoms with Gasteiger partial charge < -0.3 is 15.3 Å². The molecule has 0 aliphatic carbocycles. The van der Waals surface area contributed by atoms with Crippen molar-refractivity contribution in [3.05, 3.63) is 35.9 Å². The molecule has 7 nitrogen and oxygen atoms in total. The van der Waals surface area contributed by atoms with E-state index >= 15 is 0 Å². The van der Waals surface area contributed by atoms with Crippen LogP contribution < -0.4 is 5.32 Å². The van der Waals surface area contributed by atoms with Crippen LogP contribution in [0.4, 0.5) is 13.2 Å². The van der Waals surface area contributed by atoms with Gasteiger partial charge in [0.15, 0.2) is 0 Å². The molecule has 2 amide bonds. The number of amides is 2. The number of halogens is 3. The van der Waals surface area contributed by atoms with E-state index in [-0.39, 0.29) is 11.8 Å². The summed E-state index contributed by atoms with van der Waals surface area (Å²) in [6.07, 6.45) is -3.66. The summed E-state index contributed by atoms with van der Waals surface area (Å²) < 4.78 is 31.7. The number of piperazine rings is 1. The molecule has 160 valence electrons. The molecule has 3 rings (SSSR count). The maximum atomic E-state index is 12.5. The Hall–Kier alpha value is -2.62. The third kappa shape index (κ3) is 5.26. The highest BCUT2D eigenvalue weighted by molar-refractivity contribution is 5.94. The van der Waals surface area contributed by atoms with Crippen molar-refractivity contribution in [2.75, 3.05) is 32.7 Å². The highest BCUT2D eigenvalue weighted by Crippen LogP contribution is 2.31. The van der Waals surface area contributed by atoms with E-state index in [4.69, 9.17) is 9.90 Å². The fraction of sp³-hybridized carbons (Fsp3) is 0.526. The van der Waals surface area contributed by atoms with Crippen LogP contribution >= 0.6 is 0 Å². The Morgan fingerprint density at radius 3 is 2.17 bits per heavy atom. The van der Waals surface area contributed by atoms with Crippen molar-refractivity contribution in [2.24, 2.45) is 0 Å². The lowest BCUT2D eigenvalue weighted by Crippen LogP contribution is -2.68. The summed E-state index contributed by atoms with van der Waals surface area (Å²) in [6, 6.07) is 9.36. The van der Waals surface area contributed by atoms with E-state index in [9.17, 15) is 22.8 Å². The van der Waals surface area contributed by atoms with E-state index in [1.165, 1.54) is 0 Å². The summed E-state index contributed by atoms with van der Waals surface area (Å²) in [5, 5.41) is 10.1. The number of likely N-dealkylation sites (N-methyl/N-ethyl adjacent to an activating group) is 1. The number of aliphatic carboxylic acids is 1. The highest BCUT2D eigenvalue weighted by Gasteiger charge is 2.47. The van der Waals surface area contributed by atoms with Crippen LogP contribution in [0.1, 0.15) is 30.1 Å². The fourth-order valence-electron chi connectivity index (χ4n) is 3.67. The van der Waals surface area contributed by atoms with E-state index in [2.05, 4.69) is 17.1 Å². The highest BCUT2D eigenvalue weighted by atomic mass is 19.4. The van der Waals surface area contributed by atoms with Gasteiger partial charge in [-0.2, -0.15) is 13.2 Å². The first-order valence-corrected chi connectivity index (χ1v) is 9.29. The summed E-state index contributed by atoms with van der Waals surface area (Å²) in [4.78, 5) is 38.0. The normalized spacial score (nSPS) is 19.2. The first-order valence-electron chi connectivity index (χ1n) is 9.29. The van der Waals surface area contributed by atoms with Gasteiger partial charge >= 0.3 is 12.1 Å². The van der Waals surface area contributed by atoms with Gasteiger partial charge in [-0.25, -0.2) is 4.79 Å². The molecule has 2 fully saturated rings. The molecule has 0 saturated carbocycles. The summed E-state index contributed by atoms with van der Waals surface area (Å²) in [5.41, 5.74) is 0.305. The second kappa shape index (κ2) is 9.25. The van der Waals surface area contributed by atoms with Gasteiger partial charge in [-0.15, -0.1) is 0 Å². The Morgan fingerprint density at radius 1 is 1.14 bits per heavy atom. The van der Waals surface area contributed by atoms with E-state index in [1.807, 2.05) is 35.2 Å². The third-order valence-electron chi connectivity index (χ3n) is 5.22. The molecule has 10 heteroatoms. The maximum absolute atomic E-state index is 12.5. The Kier molecular flexibility index (Phi) is 7.23. The van der Waals surface area contributed by atoms with E-state index in [1.54, 1.807) is 0 Å². The Labute approximate surface area is 166 Å². The zero-order valence-electron chi connectivity index (χ0n) is 16.0. The molecule has 0 aromatic heterocycles. The summed E-state index contributed by atoms with van der Waals surface area (Å²) >= 11 is 0. The molecular formula is C19H24F3N3O4. The molecule has 0 radical (unpaired) electrons. The average molecular weight is 415 g/mol.